The Morgan fingerprint density at radius 2 is 1.96 bits per heavy atom. The van der Waals surface area contributed by atoms with Crippen LogP contribution in [0.4, 0.5) is 0 Å². The van der Waals surface area contributed by atoms with Gasteiger partial charge in [0.25, 0.3) is 0 Å². The Balaban J connectivity index is 1.79. The molecule has 1 aromatic carbocycles. The molecule has 2 amide bonds. The number of benzene rings is 1. The Hall–Kier alpha value is -2.96. The Labute approximate surface area is 152 Å². The predicted octanol–water partition coefficient (Wildman–Crippen LogP) is 2.48. The van der Waals surface area contributed by atoms with Crippen LogP contribution in [0.2, 0.25) is 0 Å². The van der Waals surface area contributed by atoms with Crippen molar-refractivity contribution in [3.63, 3.8) is 0 Å². The van der Waals surface area contributed by atoms with E-state index in [1.54, 1.807) is 36.7 Å². The summed E-state index contributed by atoms with van der Waals surface area (Å²) in [4.78, 5) is 33.9. The van der Waals surface area contributed by atoms with E-state index in [2.05, 4.69) is 9.97 Å². The first-order valence-corrected chi connectivity index (χ1v) is 8.75. The van der Waals surface area contributed by atoms with Gasteiger partial charge in [0.15, 0.2) is 0 Å². The van der Waals surface area contributed by atoms with E-state index in [9.17, 15) is 9.59 Å². The number of nitrogens with zero attached hydrogens (tertiary/aromatic N) is 3. The monoisotopic (exact) mass is 354 g/mol. The van der Waals surface area contributed by atoms with Gasteiger partial charge in [0, 0.05) is 43.4 Å². The van der Waals surface area contributed by atoms with Crippen molar-refractivity contribution in [3.05, 3.63) is 47.9 Å². The largest absolute Gasteiger partial charge is 0.437 e. The lowest BCUT2D eigenvalue weighted by molar-refractivity contribution is -0.132. The summed E-state index contributed by atoms with van der Waals surface area (Å²) in [6, 6.07) is 6.56. The minimum Gasteiger partial charge on any atom is -0.437 e. The molecule has 2 aromatic rings. The molecule has 1 saturated heterocycles. The van der Waals surface area contributed by atoms with E-state index in [4.69, 9.17) is 10.5 Å². The first kappa shape index (κ1) is 17.8. The van der Waals surface area contributed by atoms with E-state index in [0.717, 1.165) is 25.1 Å². The third-order valence-corrected chi connectivity index (χ3v) is 4.51. The van der Waals surface area contributed by atoms with E-state index in [1.807, 2.05) is 11.8 Å². The minimum absolute atomic E-state index is 0.0906. The van der Waals surface area contributed by atoms with Gasteiger partial charge in [-0.2, -0.15) is 0 Å². The molecule has 1 aromatic heterocycles. The molecule has 26 heavy (non-hydrogen) atoms. The lowest BCUT2D eigenvalue weighted by atomic mass is 9.94. The van der Waals surface area contributed by atoms with Crippen molar-refractivity contribution >= 4 is 11.8 Å². The predicted molar refractivity (Wildman–Crippen MR) is 95.9 cm³/mol. The molecule has 0 spiro atoms. The van der Waals surface area contributed by atoms with Crippen LogP contribution in [0.3, 0.4) is 0 Å². The smallest absolute Gasteiger partial charge is 0.248 e. The number of hydrogen-bond donors (Lipinski definition) is 1. The van der Waals surface area contributed by atoms with Crippen molar-refractivity contribution < 1.29 is 14.3 Å². The van der Waals surface area contributed by atoms with Gasteiger partial charge < -0.3 is 15.4 Å². The van der Waals surface area contributed by atoms with Crippen molar-refractivity contribution in [2.24, 2.45) is 5.73 Å². The standard InChI is InChI=1S/C19H22N4O3/c1-2-16(24)23-11-3-4-14(12-23)17-19(22-10-9-21-17)26-15-7-5-13(6-8-15)18(20)25/h5-10,14H,2-4,11-12H2,1H3,(H2,20,25). The summed E-state index contributed by atoms with van der Waals surface area (Å²) in [5.74, 6) is 0.736. The van der Waals surface area contributed by atoms with Gasteiger partial charge in [0.2, 0.25) is 17.7 Å². The summed E-state index contributed by atoms with van der Waals surface area (Å²) in [6.07, 6.45) is 5.58. The molecule has 136 valence electrons. The number of carbonyl (C=O) groups excluding carboxylic acids is 2. The van der Waals surface area contributed by atoms with E-state index >= 15 is 0 Å². The van der Waals surface area contributed by atoms with Crippen molar-refractivity contribution in [1.82, 2.24) is 14.9 Å². The lowest BCUT2D eigenvalue weighted by Crippen LogP contribution is -2.39. The number of primary amides is 1. The van der Waals surface area contributed by atoms with E-state index < -0.39 is 5.91 Å². The Bertz CT molecular complexity index is 792. The van der Waals surface area contributed by atoms with Crippen LogP contribution >= 0.6 is 0 Å². The van der Waals surface area contributed by atoms with Crippen molar-refractivity contribution in [2.45, 2.75) is 32.1 Å². The van der Waals surface area contributed by atoms with Gasteiger partial charge in [-0.3, -0.25) is 14.6 Å². The number of carbonyl (C=O) groups is 2. The molecule has 0 saturated carbocycles. The fraction of sp³-hybridized carbons (Fsp3) is 0.368. The molecule has 1 aliphatic rings. The zero-order valence-corrected chi connectivity index (χ0v) is 14.7. The van der Waals surface area contributed by atoms with Gasteiger partial charge in [-0.15, -0.1) is 0 Å². The zero-order chi connectivity index (χ0) is 18.5. The molecule has 0 bridgehead atoms. The summed E-state index contributed by atoms with van der Waals surface area (Å²) in [5.41, 5.74) is 6.42. The highest BCUT2D eigenvalue weighted by Crippen LogP contribution is 2.32. The average Bonchev–Trinajstić information content (AvgIpc) is 2.68. The second-order valence-electron chi connectivity index (χ2n) is 6.27. The summed E-state index contributed by atoms with van der Waals surface area (Å²) in [7, 11) is 0. The number of hydrogen-bond acceptors (Lipinski definition) is 5. The van der Waals surface area contributed by atoms with Gasteiger partial charge in [-0.1, -0.05) is 6.92 Å². The molecule has 7 heteroatoms. The SMILES string of the molecule is CCC(=O)N1CCCC(c2nccnc2Oc2ccc(C(N)=O)cc2)C1. The molecule has 2 heterocycles. The van der Waals surface area contributed by atoms with Gasteiger partial charge in [0.05, 0.1) is 0 Å². The van der Waals surface area contributed by atoms with Gasteiger partial charge in [-0.25, -0.2) is 4.98 Å². The summed E-state index contributed by atoms with van der Waals surface area (Å²) < 4.78 is 5.89. The fourth-order valence-corrected chi connectivity index (χ4v) is 3.14. The number of aromatic nitrogens is 2. The Morgan fingerprint density at radius 3 is 2.65 bits per heavy atom. The average molecular weight is 354 g/mol. The normalized spacial score (nSPS) is 17.0. The highest BCUT2D eigenvalue weighted by molar-refractivity contribution is 5.92. The lowest BCUT2D eigenvalue weighted by Gasteiger charge is -2.32. The van der Waals surface area contributed by atoms with Crippen LogP contribution in [-0.2, 0) is 4.79 Å². The highest BCUT2D eigenvalue weighted by Gasteiger charge is 2.27. The van der Waals surface area contributed by atoms with E-state index in [-0.39, 0.29) is 11.8 Å². The fourth-order valence-electron chi connectivity index (χ4n) is 3.14. The highest BCUT2D eigenvalue weighted by atomic mass is 16.5. The van der Waals surface area contributed by atoms with Crippen LogP contribution in [0.25, 0.3) is 0 Å². The molecule has 7 nitrogen and oxygen atoms in total. The Kier molecular flexibility index (Phi) is 5.46. The molecule has 1 unspecified atom stereocenters. The van der Waals surface area contributed by atoms with Crippen molar-refractivity contribution in [1.29, 1.82) is 0 Å². The van der Waals surface area contributed by atoms with Crippen LogP contribution in [0.5, 0.6) is 11.6 Å². The minimum atomic E-state index is -0.486. The van der Waals surface area contributed by atoms with Crippen molar-refractivity contribution in [3.8, 4) is 11.6 Å². The maximum absolute atomic E-state index is 12.0. The number of likely N-dealkylation sites (tertiary alicyclic amines) is 1. The van der Waals surface area contributed by atoms with Gasteiger partial charge in [-0.05, 0) is 37.1 Å². The topological polar surface area (TPSA) is 98.4 Å². The second kappa shape index (κ2) is 7.95. The van der Waals surface area contributed by atoms with Crippen LogP contribution in [0.1, 0.15) is 48.2 Å². The number of ether oxygens (including phenoxy) is 1. The molecule has 0 aliphatic carbocycles. The molecule has 0 radical (unpaired) electrons. The van der Waals surface area contributed by atoms with Gasteiger partial charge in [0.1, 0.15) is 11.4 Å². The van der Waals surface area contributed by atoms with E-state index in [1.165, 1.54) is 0 Å². The number of amides is 2. The molecular formula is C19H22N4O3. The number of nitrogens with two attached hydrogens (primary N) is 1. The molecule has 3 rings (SSSR count). The summed E-state index contributed by atoms with van der Waals surface area (Å²) in [5, 5.41) is 0. The van der Waals surface area contributed by atoms with Crippen molar-refractivity contribution in [2.75, 3.05) is 13.1 Å². The van der Waals surface area contributed by atoms with Crippen LogP contribution in [-0.4, -0.2) is 39.8 Å². The third-order valence-electron chi connectivity index (χ3n) is 4.51. The number of rotatable bonds is 5. The second-order valence-corrected chi connectivity index (χ2v) is 6.27. The maximum Gasteiger partial charge on any atom is 0.248 e. The quantitative estimate of drug-likeness (QED) is 0.889. The first-order chi connectivity index (χ1) is 12.6. The third kappa shape index (κ3) is 3.99. The molecule has 1 fully saturated rings. The Morgan fingerprint density at radius 1 is 1.23 bits per heavy atom. The summed E-state index contributed by atoms with van der Waals surface area (Å²) in [6.45, 7) is 3.29. The first-order valence-electron chi connectivity index (χ1n) is 8.75. The molecular weight excluding hydrogens is 332 g/mol. The molecule has 2 N–H and O–H groups in total. The molecule has 1 atom stereocenters. The van der Waals surface area contributed by atoms with Crippen LogP contribution in [0.15, 0.2) is 36.7 Å². The maximum atomic E-state index is 12.0. The zero-order valence-electron chi connectivity index (χ0n) is 14.7. The van der Waals surface area contributed by atoms with Crippen LogP contribution < -0.4 is 10.5 Å². The van der Waals surface area contributed by atoms with E-state index in [0.29, 0.717) is 30.2 Å². The molecule has 1 aliphatic heterocycles. The summed E-state index contributed by atoms with van der Waals surface area (Å²) >= 11 is 0. The van der Waals surface area contributed by atoms with Gasteiger partial charge >= 0.3 is 0 Å². The number of piperidine rings is 1. The van der Waals surface area contributed by atoms with Crippen LogP contribution in [0, 0.1) is 0 Å².